The molecular weight excluding hydrogens is 150 g/mol. The Morgan fingerprint density at radius 1 is 1.58 bits per heavy atom. The molecule has 0 bridgehead atoms. The first-order chi connectivity index (χ1) is 5.92. The van der Waals surface area contributed by atoms with Gasteiger partial charge in [0.15, 0.2) is 0 Å². The quantitative estimate of drug-likeness (QED) is 0.729. The maximum Gasteiger partial charge on any atom is 0.0535 e. The molecule has 66 valence electrons. The van der Waals surface area contributed by atoms with Gasteiger partial charge in [0.05, 0.1) is 6.54 Å². The monoisotopic (exact) mass is 165 g/mol. The van der Waals surface area contributed by atoms with Crippen LogP contribution in [0.2, 0.25) is 0 Å². The minimum atomic E-state index is 0.682. The van der Waals surface area contributed by atoms with Crippen LogP contribution in [0.1, 0.15) is 30.9 Å². The largest absolute Gasteiger partial charge is 0.329 e. The minimum Gasteiger partial charge on any atom is -0.329 e. The first kappa shape index (κ1) is 7.80. The summed E-state index contributed by atoms with van der Waals surface area (Å²) in [6.07, 6.45) is 5.91. The molecule has 0 unspecified atom stereocenters. The number of rotatable bonds is 3. The van der Waals surface area contributed by atoms with Gasteiger partial charge in [-0.1, -0.05) is 6.42 Å². The molecule has 3 nitrogen and oxygen atoms in total. The normalized spacial score (nSPS) is 17.8. The van der Waals surface area contributed by atoms with E-state index in [4.69, 9.17) is 5.73 Å². The molecule has 12 heavy (non-hydrogen) atoms. The maximum atomic E-state index is 5.49. The summed E-state index contributed by atoms with van der Waals surface area (Å²) in [7, 11) is 0. The van der Waals surface area contributed by atoms with Crippen LogP contribution >= 0.6 is 0 Å². The highest BCUT2D eigenvalue weighted by Crippen LogP contribution is 2.35. The summed E-state index contributed by atoms with van der Waals surface area (Å²) in [5.41, 5.74) is 6.87. The van der Waals surface area contributed by atoms with Gasteiger partial charge in [-0.2, -0.15) is 5.10 Å². The summed E-state index contributed by atoms with van der Waals surface area (Å²) in [6.45, 7) is 1.54. The molecule has 2 rings (SSSR count). The molecule has 2 N–H and O–H groups in total. The van der Waals surface area contributed by atoms with Crippen molar-refractivity contribution < 1.29 is 0 Å². The van der Waals surface area contributed by atoms with Gasteiger partial charge < -0.3 is 5.73 Å². The number of aromatic nitrogens is 2. The molecule has 1 fully saturated rings. The highest BCUT2D eigenvalue weighted by atomic mass is 15.3. The molecule has 1 aliphatic rings. The number of hydrogen-bond acceptors (Lipinski definition) is 2. The van der Waals surface area contributed by atoms with Crippen molar-refractivity contribution in [2.45, 2.75) is 31.7 Å². The molecule has 3 heteroatoms. The molecule has 0 aliphatic heterocycles. The molecule has 0 radical (unpaired) electrons. The molecular formula is C9H15N3. The second-order valence-electron chi connectivity index (χ2n) is 3.40. The Labute approximate surface area is 72.6 Å². The number of nitrogens with zero attached hydrogens (tertiary/aromatic N) is 2. The van der Waals surface area contributed by atoms with Crippen LogP contribution in [0.25, 0.3) is 0 Å². The Kier molecular flexibility index (Phi) is 2.13. The van der Waals surface area contributed by atoms with Crippen molar-refractivity contribution in [2.24, 2.45) is 5.73 Å². The van der Waals surface area contributed by atoms with E-state index >= 15 is 0 Å². The lowest BCUT2D eigenvalue weighted by molar-refractivity contribution is 0.389. The predicted molar refractivity (Wildman–Crippen MR) is 47.9 cm³/mol. The van der Waals surface area contributed by atoms with E-state index in [1.54, 1.807) is 0 Å². The fourth-order valence-corrected chi connectivity index (χ4v) is 1.70. The molecule has 0 spiro atoms. The molecule has 1 heterocycles. The standard InChI is InChI=1S/C9H15N3/c10-5-7-12-9(4-6-11-12)8-2-1-3-8/h4,6,8H,1-3,5,7,10H2. The lowest BCUT2D eigenvalue weighted by Crippen LogP contribution is -2.18. The lowest BCUT2D eigenvalue weighted by Gasteiger charge is -2.25. The molecule has 0 atom stereocenters. The van der Waals surface area contributed by atoms with Crippen molar-refractivity contribution in [2.75, 3.05) is 6.54 Å². The van der Waals surface area contributed by atoms with Crippen LogP contribution in [-0.4, -0.2) is 16.3 Å². The average Bonchev–Trinajstić information content (AvgIpc) is 2.35. The predicted octanol–water partition coefficient (Wildman–Crippen LogP) is 1.11. The van der Waals surface area contributed by atoms with E-state index in [2.05, 4.69) is 11.2 Å². The van der Waals surface area contributed by atoms with Crippen molar-refractivity contribution in [1.82, 2.24) is 9.78 Å². The van der Waals surface area contributed by atoms with Crippen molar-refractivity contribution >= 4 is 0 Å². The third-order valence-corrected chi connectivity index (χ3v) is 2.61. The van der Waals surface area contributed by atoms with Crippen LogP contribution < -0.4 is 5.73 Å². The highest BCUT2D eigenvalue weighted by Gasteiger charge is 2.22. The Hall–Kier alpha value is -0.830. The Bertz CT molecular complexity index is 250. The second kappa shape index (κ2) is 3.27. The van der Waals surface area contributed by atoms with E-state index in [0.29, 0.717) is 6.54 Å². The molecule has 1 saturated carbocycles. The van der Waals surface area contributed by atoms with Crippen LogP contribution in [0, 0.1) is 0 Å². The van der Waals surface area contributed by atoms with Gasteiger partial charge in [0.1, 0.15) is 0 Å². The zero-order chi connectivity index (χ0) is 8.39. The van der Waals surface area contributed by atoms with Crippen LogP contribution in [0.15, 0.2) is 12.3 Å². The SMILES string of the molecule is NCCn1nccc1C1CCC1. The second-order valence-corrected chi connectivity index (χ2v) is 3.40. The first-order valence-electron chi connectivity index (χ1n) is 4.63. The maximum absolute atomic E-state index is 5.49. The summed E-state index contributed by atoms with van der Waals surface area (Å²) in [6, 6.07) is 2.12. The van der Waals surface area contributed by atoms with Crippen LogP contribution in [0.5, 0.6) is 0 Å². The third-order valence-electron chi connectivity index (χ3n) is 2.61. The number of hydrogen-bond donors (Lipinski definition) is 1. The zero-order valence-corrected chi connectivity index (χ0v) is 7.24. The van der Waals surface area contributed by atoms with Gasteiger partial charge >= 0.3 is 0 Å². The van der Waals surface area contributed by atoms with Crippen molar-refractivity contribution in [1.29, 1.82) is 0 Å². The van der Waals surface area contributed by atoms with E-state index in [9.17, 15) is 0 Å². The van der Waals surface area contributed by atoms with Gasteiger partial charge in [-0.3, -0.25) is 4.68 Å². The van der Waals surface area contributed by atoms with Gasteiger partial charge in [0.2, 0.25) is 0 Å². The van der Waals surface area contributed by atoms with Gasteiger partial charge in [0, 0.05) is 24.4 Å². The van der Waals surface area contributed by atoms with Gasteiger partial charge in [0.25, 0.3) is 0 Å². The highest BCUT2D eigenvalue weighted by molar-refractivity contribution is 5.10. The molecule has 0 saturated heterocycles. The Morgan fingerprint density at radius 3 is 3.00 bits per heavy atom. The molecule has 0 aromatic carbocycles. The summed E-state index contributed by atoms with van der Waals surface area (Å²) in [5, 5.41) is 4.25. The first-order valence-corrected chi connectivity index (χ1v) is 4.63. The molecule has 1 aliphatic carbocycles. The third kappa shape index (κ3) is 1.25. The Morgan fingerprint density at radius 2 is 2.42 bits per heavy atom. The van der Waals surface area contributed by atoms with E-state index in [1.807, 2.05) is 10.9 Å². The van der Waals surface area contributed by atoms with E-state index in [0.717, 1.165) is 12.5 Å². The smallest absolute Gasteiger partial charge is 0.0535 e. The lowest BCUT2D eigenvalue weighted by atomic mass is 9.83. The minimum absolute atomic E-state index is 0.682. The van der Waals surface area contributed by atoms with E-state index in [1.165, 1.54) is 25.0 Å². The fraction of sp³-hybridized carbons (Fsp3) is 0.667. The van der Waals surface area contributed by atoms with Gasteiger partial charge in [-0.05, 0) is 18.9 Å². The van der Waals surface area contributed by atoms with Crippen molar-refractivity contribution in [3.63, 3.8) is 0 Å². The Balaban J connectivity index is 2.12. The van der Waals surface area contributed by atoms with Gasteiger partial charge in [-0.25, -0.2) is 0 Å². The van der Waals surface area contributed by atoms with Crippen LogP contribution in [-0.2, 0) is 6.54 Å². The molecule has 1 aromatic heterocycles. The summed E-state index contributed by atoms with van der Waals surface area (Å²) in [4.78, 5) is 0. The summed E-state index contributed by atoms with van der Waals surface area (Å²) < 4.78 is 2.05. The van der Waals surface area contributed by atoms with Crippen molar-refractivity contribution in [3.8, 4) is 0 Å². The van der Waals surface area contributed by atoms with Crippen LogP contribution in [0.4, 0.5) is 0 Å². The van der Waals surface area contributed by atoms with E-state index < -0.39 is 0 Å². The van der Waals surface area contributed by atoms with Gasteiger partial charge in [-0.15, -0.1) is 0 Å². The zero-order valence-electron chi connectivity index (χ0n) is 7.24. The average molecular weight is 165 g/mol. The van der Waals surface area contributed by atoms with E-state index in [-0.39, 0.29) is 0 Å². The van der Waals surface area contributed by atoms with Crippen molar-refractivity contribution in [3.05, 3.63) is 18.0 Å². The summed E-state index contributed by atoms with van der Waals surface area (Å²) in [5.74, 6) is 0.763. The molecule has 0 amide bonds. The summed E-state index contributed by atoms with van der Waals surface area (Å²) >= 11 is 0. The number of nitrogens with two attached hydrogens (primary N) is 1. The molecule has 1 aromatic rings. The van der Waals surface area contributed by atoms with Crippen LogP contribution in [0.3, 0.4) is 0 Å². The topological polar surface area (TPSA) is 43.8 Å². The fourth-order valence-electron chi connectivity index (χ4n) is 1.70.